The number of nitrogens with two attached hydrogens (primary N) is 1. The number of nitrogen functional groups attached to an aromatic ring is 1. The molecular weight excluding hydrogens is 200 g/mol. The van der Waals surface area contributed by atoms with Crippen LogP contribution >= 0.6 is 0 Å². The van der Waals surface area contributed by atoms with Gasteiger partial charge in [0.25, 0.3) is 0 Å². The molecule has 1 aliphatic rings. The molecule has 1 fully saturated rings. The summed E-state index contributed by atoms with van der Waals surface area (Å²) in [6.07, 6.45) is 4.11. The molecule has 0 saturated heterocycles. The van der Waals surface area contributed by atoms with E-state index in [1.807, 2.05) is 25.1 Å². The van der Waals surface area contributed by atoms with Gasteiger partial charge in [-0.1, -0.05) is 6.42 Å². The third-order valence-corrected chi connectivity index (χ3v) is 3.13. The van der Waals surface area contributed by atoms with Gasteiger partial charge in [0.1, 0.15) is 5.75 Å². The van der Waals surface area contributed by atoms with Crippen LogP contribution in [-0.4, -0.2) is 13.2 Å². The van der Waals surface area contributed by atoms with Gasteiger partial charge in [-0.2, -0.15) is 0 Å². The van der Waals surface area contributed by atoms with E-state index >= 15 is 0 Å². The zero-order valence-corrected chi connectivity index (χ0v) is 9.83. The maximum Gasteiger partial charge on any atom is 0.144 e. The van der Waals surface area contributed by atoms with Crippen molar-refractivity contribution in [2.45, 2.75) is 26.2 Å². The monoisotopic (exact) mass is 220 g/mol. The minimum atomic E-state index is 0.649. The fourth-order valence-electron chi connectivity index (χ4n) is 1.88. The molecule has 3 heteroatoms. The molecule has 0 aliphatic heterocycles. The van der Waals surface area contributed by atoms with Gasteiger partial charge in [-0.25, -0.2) is 0 Å². The van der Waals surface area contributed by atoms with Crippen molar-refractivity contribution in [3.8, 4) is 5.75 Å². The standard InChI is InChI=1S/C13H20N2O/c1-2-16-13-8-11(6-7-12(13)14)15-9-10-4-3-5-10/h6-8,10,15H,2-5,9,14H2,1H3. The molecule has 0 heterocycles. The Balaban J connectivity index is 1.94. The predicted octanol–water partition coefficient (Wildman–Crippen LogP) is 2.88. The van der Waals surface area contributed by atoms with Crippen LogP contribution in [0.25, 0.3) is 0 Å². The Bertz CT molecular complexity index is 348. The Morgan fingerprint density at radius 2 is 2.25 bits per heavy atom. The summed E-state index contributed by atoms with van der Waals surface area (Å²) in [6.45, 7) is 3.68. The van der Waals surface area contributed by atoms with E-state index in [1.54, 1.807) is 0 Å². The zero-order chi connectivity index (χ0) is 11.4. The number of ether oxygens (including phenoxy) is 1. The smallest absolute Gasteiger partial charge is 0.144 e. The van der Waals surface area contributed by atoms with Gasteiger partial charge in [-0.15, -0.1) is 0 Å². The fraction of sp³-hybridized carbons (Fsp3) is 0.538. The highest BCUT2D eigenvalue weighted by Crippen LogP contribution is 2.28. The summed E-state index contributed by atoms with van der Waals surface area (Å²) in [5.41, 5.74) is 7.62. The molecule has 3 N–H and O–H groups in total. The second-order valence-corrected chi connectivity index (χ2v) is 4.36. The summed E-state index contributed by atoms with van der Waals surface area (Å²) in [7, 11) is 0. The third-order valence-electron chi connectivity index (χ3n) is 3.13. The van der Waals surface area contributed by atoms with Crippen molar-refractivity contribution >= 4 is 11.4 Å². The molecule has 1 aliphatic carbocycles. The van der Waals surface area contributed by atoms with Crippen molar-refractivity contribution < 1.29 is 4.74 Å². The summed E-state index contributed by atoms with van der Waals surface area (Å²) in [5, 5.41) is 3.44. The summed E-state index contributed by atoms with van der Waals surface area (Å²) in [6, 6.07) is 5.89. The second kappa shape index (κ2) is 5.10. The van der Waals surface area contributed by atoms with Crippen LogP contribution in [0.15, 0.2) is 18.2 Å². The van der Waals surface area contributed by atoms with E-state index < -0.39 is 0 Å². The van der Waals surface area contributed by atoms with E-state index in [0.29, 0.717) is 12.3 Å². The topological polar surface area (TPSA) is 47.3 Å². The molecule has 0 radical (unpaired) electrons. The van der Waals surface area contributed by atoms with E-state index in [2.05, 4.69) is 5.32 Å². The van der Waals surface area contributed by atoms with Crippen molar-refractivity contribution in [1.29, 1.82) is 0 Å². The highest BCUT2D eigenvalue weighted by molar-refractivity contribution is 5.61. The highest BCUT2D eigenvalue weighted by atomic mass is 16.5. The van der Waals surface area contributed by atoms with Crippen LogP contribution in [0.1, 0.15) is 26.2 Å². The number of benzene rings is 1. The van der Waals surface area contributed by atoms with Crippen LogP contribution in [0.4, 0.5) is 11.4 Å². The normalized spacial score (nSPS) is 15.6. The van der Waals surface area contributed by atoms with Crippen LogP contribution in [0.2, 0.25) is 0 Å². The van der Waals surface area contributed by atoms with Gasteiger partial charge < -0.3 is 15.8 Å². The van der Waals surface area contributed by atoms with Crippen molar-refractivity contribution in [2.75, 3.05) is 24.2 Å². The van der Waals surface area contributed by atoms with E-state index in [9.17, 15) is 0 Å². The summed E-state index contributed by atoms with van der Waals surface area (Å²) >= 11 is 0. The Hall–Kier alpha value is -1.38. The second-order valence-electron chi connectivity index (χ2n) is 4.36. The predicted molar refractivity (Wildman–Crippen MR) is 67.9 cm³/mol. The van der Waals surface area contributed by atoms with E-state index in [4.69, 9.17) is 10.5 Å². The lowest BCUT2D eigenvalue weighted by molar-refractivity contribution is 0.333. The number of rotatable bonds is 5. The first-order valence-corrected chi connectivity index (χ1v) is 6.05. The van der Waals surface area contributed by atoms with Crippen molar-refractivity contribution in [3.05, 3.63) is 18.2 Å². The number of hydrogen-bond donors (Lipinski definition) is 2. The van der Waals surface area contributed by atoms with Crippen molar-refractivity contribution in [1.82, 2.24) is 0 Å². The Morgan fingerprint density at radius 1 is 1.44 bits per heavy atom. The molecule has 0 bridgehead atoms. The van der Waals surface area contributed by atoms with Crippen LogP contribution in [0, 0.1) is 5.92 Å². The van der Waals surface area contributed by atoms with Gasteiger partial charge in [-0.3, -0.25) is 0 Å². The Morgan fingerprint density at radius 3 is 2.88 bits per heavy atom. The van der Waals surface area contributed by atoms with Gasteiger partial charge in [0.05, 0.1) is 12.3 Å². The van der Waals surface area contributed by atoms with Gasteiger partial charge >= 0.3 is 0 Å². The maximum absolute atomic E-state index is 5.82. The van der Waals surface area contributed by atoms with Crippen molar-refractivity contribution in [3.63, 3.8) is 0 Å². The van der Waals surface area contributed by atoms with Gasteiger partial charge in [0.15, 0.2) is 0 Å². The molecule has 88 valence electrons. The maximum atomic E-state index is 5.82. The van der Waals surface area contributed by atoms with Gasteiger partial charge in [-0.05, 0) is 37.8 Å². The van der Waals surface area contributed by atoms with Crippen LogP contribution < -0.4 is 15.8 Å². The Kier molecular flexibility index (Phi) is 3.54. The molecule has 1 saturated carbocycles. The van der Waals surface area contributed by atoms with E-state index in [0.717, 1.165) is 23.9 Å². The van der Waals surface area contributed by atoms with Gasteiger partial charge in [0, 0.05) is 18.3 Å². The Labute approximate surface area is 97.0 Å². The molecular formula is C13H20N2O. The molecule has 0 unspecified atom stereocenters. The third kappa shape index (κ3) is 2.60. The van der Waals surface area contributed by atoms with E-state index in [-0.39, 0.29) is 0 Å². The SMILES string of the molecule is CCOc1cc(NCC2CCC2)ccc1N. The molecule has 2 rings (SSSR count). The molecule has 0 amide bonds. The minimum Gasteiger partial charge on any atom is -0.492 e. The molecule has 1 aromatic carbocycles. The summed E-state index contributed by atoms with van der Waals surface area (Å²) < 4.78 is 5.46. The summed E-state index contributed by atoms with van der Waals surface area (Å²) in [5.74, 6) is 1.63. The number of hydrogen-bond acceptors (Lipinski definition) is 3. The van der Waals surface area contributed by atoms with Crippen LogP contribution in [-0.2, 0) is 0 Å². The largest absolute Gasteiger partial charge is 0.492 e. The quantitative estimate of drug-likeness (QED) is 0.750. The number of anilines is 2. The van der Waals surface area contributed by atoms with E-state index in [1.165, 1.54) is 19.3 Å². The van der Waals surface area contributed by atoms with Crippen LogP contribution in [0.5, 0.6) is 5.75 Å². The zero-order valence-electron chi connectivity index (χ0n) is 9.83. The average molecular weight is 220 g/mol. The number of nitrogens with one attached hydrogen (secondary N) is 1. The van der Waals surface area contributed by atoms with Gasteiger partial charge in [0.2, 0.25) is 0 Å². The summed E-state index contributed by atoms with van der Waals surface area (Å²) in [4.78, 5) is 0. The molecule has 0 aromatic heterocycles. The average Bonchev–Trinajstić information content (AvgIpc) is 2.21. The minimum absolute atomic E-state index is 0.649. The first-order valence-electron chi connectivity index (χ1n) is 6.05. The highest BCUT2D eigenvalue weighted by Gasteiger charge is 2.16. The van der Waals surface area contributed by atoms with Crippen molar-refractivity contribution in [2.24, 2.45) is 5.92 Å². The molecule has 0 atom stereocenters. The van der Waals surface area contributed by atoms with Crippen LogP contribution in [0.3, 0.4) is 0 Å². The fourth-order valence-corrected chi connectivity index (χ4v) is 1.88. The lowest BCUT2D eigenvalue weighted by Gasteiger charge is -2.26. The lowest BCUT2D eigenvalue weighted by atomic mass is 9.85. The molecule has 3 nitrogen and oxygen atoms in total. The molecule has 16 heavy (non-hydrogen) atoms. The lowest BCUT2D eigenvalue weighted by Crippen LogP contribution is -2.20. The first kappa shape index (κ1) is 11.1. The first-order chi connectivity index (χ1) is 7.79. The molecule has 1 aromatic rings. The molecule has 0 spiro atoms.